The Morgan fingerprint density at radius 2 is 2.00 bits per heavy atom. The van der Waals surface area contributed by atoms with Gasteiger partial charge in [-0.15, -0.1) is 0 Å². The highest BCUT2D eigenvalue weighted by molar-refractivity contribution is 5.79. The van der Waals surface area contributed by atoms with Crippen molar-refractivity contribution < 1.29 is 13.9 Å². The molecular formula is C20H21N3O4. The number of ether oxygens (including phenoxy) is 1. The standard InChI is InChI=1S/C20H21N3O4/c1-14(20(25)21-12-11-15-5-7-16(26-2)8-6-15)23-19(24)10-9-17(22-23)18-4-3-13-27-18/h3-10,13-14H,11-12H2,1-2H3,(H,21,25). The van der Waals surface area contributed by atoms with Gasteiger partial charge in [0.25, 0.3) is 5.56 Å². The number of furan rings is 1. The van der Waals surface area contributed by atoms with Crippen LogP contribution in [0.15, 0.2) is 64.0 Å². The van der Waals surface area contributed by atoms with E-state index in [1.807, 2.05) is 24.3 Å². The molecule has 1 unspecified atom stereocenters. The summed E-state index contributed by atoms with van der Waals surface area (Å²) in [5.74, 6) is 1.06. The summed E-state index contributed by atoms with van der Waals surface area (Å²) in [5, 5.41) is 7.10. The number of nitrogens with one attached hydrogen (secondary N) is 1. The minimum Gasteiger partial charge on any atom is -0.497 e. The molecule has 0 saturated heterocycles. The van der Waals surface area contributed by atoms with E-state index in [4.69, 9.17) is 9.15 Å². The lowest BCUT2D eigenvalue weighted by molar-refractivity contribution is -0.124. The number of benzene rings is 1. The third kappa shape index (κ3) is 4.44. The Morgan fingerprint density at radius 3 is 2.67 bits per heavy atom. The van der Waals surface area contributed by atoms with E-state index < -0.39 is 6.04 Å². The van der Waals surface area contributed by atoms with Crippen molar-refractivity contribution in [2.24, 2.45) is 0 Å². The molecule has 7 heteroatoms. The number of aromatic nitrogens is 2. The summed E-state index contributed by atoms with van der Waals surface area (Å²) in [6, 6.07) is 13.4. The molecule has 3 aromatic rings. The van der Waals surface area contributed by atoms with Gasteiger partial charge in [0.15, 0.2) is 5.76 Å². The molecule has 0 bridgehead atoms. The SMILES string of the molecule is COc1ccc(CCNC(=O)C(C)n2nc(-c3ccco3)ccc2=O)cc1. The lowest BCUT2D eigenvalue weighted by atomic mass is 10.1. The normalized spacial score (nSPS) is 11.8. The average molecular weight is 367 g/mol. The van der Waals surface area contributed by atoms with Crippen molar-refractivity contribution in [3.63, 3.8) is 0 Å². The highest BCUT2D eigenvalue weighted by Gasteiger charge is 2.18. The highest BCUT2D eigenvalue weighted by Crippen LogP contribution is 2.16. The van der Waals surface area contributed by atoms with Crippen molar-refractivity contribution >= 4 is 5.91 Å². The van der Waals surface area contributed by atoms with E-state index in [1.54, 1.807) is 32.2 Å². The molecule has 1 aromatic carbocycles. The first-order valence-corrected chi connectivity index (χ1v) is 8.63. The molecule has 2 heterocycles. The van der Waals surface area contributed by atoms with Gasteiger partial charge in [0.05, 0.1) is 13.4 Å². The van der Waals surface area contributed by atoms with Crippen LogP contribution in [0.25, 0.3) is 11.5 Å². The van der Waals surface area contributed by atoms with Gasteiger partial charge in [-0.25, -0.2) is 4.68 Å². The van der Waals surface area contributed by atoms with E-state index in [0.29, 0.717) is 24.4 Å². The van der Waals surface area contributed by atoms with Crippen LogP contribution in [0.4, 0.5) is 0 Å². The van der Waals surface area contributed by atoms with Crippen LogP contribution >= 0.6 is 0 Å². The number of hydrogen-bond acceptors (Lipinski definition) is 5. The third-order valence-corrected chi connectivity index (χ3v) is 4.22. The van der Waals surface area contributed by atoms with Crippen molar-refractivity contribution in [3.05, 3.63) is 70.7 Å². The molecule has 0 saturated carbocycles. The molecule has 3 rings (SSSR count). The summed E-state index contributed by atoms with van der Waals surface area (Å²) in [6.45, 7) is 2.10. The van der Waals surface area contributed by atoms with Gasteiger partial charge in [-0.05, 0) is 49.2 Å². The maximum atomic E-state index is 12.4. The molecule has 2 aromatic heterocycles. The van der Waals surface area contributed by atoms with Crippen LogP contribution in [0.2, 0.25) is 0 Å². The summed E-state index contributed by atoms with van der Waals surface area (Å²) in [4.78, 5) is 24.6. The van der Waals surface area contributed by atoms with Crippen LogP contribution in [-0.2, 0) is 11.2 Å². The molecule has 7 nitrogen and oxygen atoms in total. The first-order chi connectivity index (χ1) is 13.1. The summed E-state index contributed by atoms with van der Waals surface area (Å²) in [5.41, 5.74) is 1.24. The van der Waals surface area contributed by atoms with Crippen molar-refractivity contribution in [2.75, 3.05) is 13.7 Å². The Morgan fingerprint density at radius 1 is 1.22 bits per heavy atom. The molecule has 1 atom stereocenters. The summed E-state index contributed by atoms with van der Waals surface area (Å²) >= 11 is 0. The zero-order valence-corrected chi connectivity index (χ0v) is 15.2. The first kappa shape index (κ1) is 18.4. The molecule has 0 radical (unpaired) electrons. The second-order valence-electron chi connectivity index (χ2n) is 6.04. The molecule has 0 spiro atoms. The summed E-state index contributed by atoms with van der Waals surface area (Å²) < 4.78 is 11.6. The Bertz CT molecular complexity index is 946. The number of methoxy groups -OCH3 is 1. The fourth-order valence-electron chi connectivity index (χ4n) is 2.64. The second-order valence-corrected chi connectivity index (χ2v) is 6.04. The summed E-state index contributed by atoms with van der Waals surface area (Å²) in [7, 11) is 1.62. The molecule has 0 aliphatic heterocycles. The van der Waals surface area contributed by atoms with Crippen LogP contribution in [0.5, 0.6) is 5.75 Å². The van der Waals surface area contributed by atoms with Gasteiger partial charge < -0.3 is 14.5 Å². The maximum Gasteiger partial charge on any atom is 0.267 e. The monoisotopic (exact) mass is 367 g/mol. The topological polar surface area (TPSA) is 86.4 Å². The van der Waals surface area contributed by atoms with Crippen molar-refractivity contribution in [1.29, 1.82) is 0 Å². The number of amides is 1. The summed E-state index contributed by atoms with van der Waals surface area (Å²) in [6.07, 6.45) is 2.21. The number of hydrogen-bond donors (Lipinski definition) is 1. The first-order valence-electron chi connectivity index (χ1n) is 8.63. The maximum absolute atomic E-state index is 12.4. The largest absolute Gasteiger partial charge is 0.497 e. The van der Waals surface area contributed by atoms with Crippen LogP contribution in [0.3, 0.4) is 0 Å². The van der Waals surface area contributed by atoms with E-state index in [0.717, 1.165) is 11.3 Å². The minimum absolute atomic E-state index is 0.269. The van der Waals surface area contributed by atoms with E-state index in [9.17, 15) is 9.59 Å². The molecule has 140 valence electrons. The molecule has 0 aliphatic carbocycles. The van der Waals surface area contributed by atoms with Gasteiger partial charge in [-0.3, -0.25) is 9.59 Å². The average Bonchev–Trinajstić information content (AvgIpc) is 3.23. The highest BCUT2D eigenvalue weighted by atomic mass is 16.5. The lowest BCUT2D eigenvalue weighted by Gasteiger charge is -2.14. The smallest absolute Gasteiger partial charge is 0.267 e. The van der Waals surface area contributed by atoms with Crippen LogP contribution in [0, 0.1) is 0 Å². The predicted octanol–water partition coefficient (Wildman–Crippen LogP) is 2.43. The Kier molecular flexibility index (Phi) is 5.71. The fraction of sp³-hybridized carbons (Fsp3) is 0.250. The molecule has 1 amide bonds. The van der Waals surface area contributed by atoms with Gasteiger partial charge in [-0.1, -0.05) is 12.1 Å². The van der Waals surface area contributed by atoms with Crippen molar-refractivity contribution in [1.82, 2.24) is 15.1 Å². The van der Waals surface area contributed by atoms with Gasteiger partial charge in [0.2, 0.25) is 5.91 Å². The van der Waals surface area contributed by atoms with Crippen LogP contribution in [-0.4, -0.2) is 29.3 Å². The van der Waals surface area contributed by atoms with Gasteiger partial charge in [0.1, 0.15) is 17.5 Å². The van der Waals surface area contributed by atoms with Crippen LogP contribution in [0.1, 0.15) is 18.5 Å². The van der Waals surface area contributed by atoms with Gasteiger partial charge >= 0.3 is 0 Å². The lowest BCUT2D eigenvalue weighted by Crippen LogP contribution is -2.37. The fourth-order valence-corrected chi connectivity index (χ4v) is 2.64. The van der Waals surface area contributed by atoms with Crippen LogP contribution < -0.4 is 15.6 Å². The molecule has 27 heavy (non-hydrogen) atoms. The molecule has 1 N–H and O–H groups in total. The second kappa shape index (κ2) is 8.35. The van der Waals surface area contributed by atoms with E-state index in [-0.39, 0.29) is 11.5 Å². The molecule has 0 aliphatic rings. The Hall–Kier alpha value is -3.35. The van der Waals surface area contributed by atoms with Crippen molar-refractivity contribution in [3.8, 4) is 17.2 Å². The molecule has 0 fully saturated rings. The quantitative estimate of drug-likeness (QED) is 0.693. The zero-order chi connectivity index (χ0) is 19.2. The van der Waals surface area contributed by atoms with E-state index in [2.05, 4.69) is 10.4 Å². The van der Waals surface area contributed by atoms with E-state index >= 15 is 0 Å². The predicted molar refractivity (Wildman–Crippen MR) is 101 cm³/mol. The third-order valence-electron chi connectivity index (χ3n) is 4.22. The minimum atomic E-state index is -0.733. The number of carbonyl (C=O) groups excluding carboxylic acids is 1. The van der Waals surface area contributed by atoms with Crippen molar-refractivity contribution in [2.45, 2.75) is 19.4 Å². The number of rotatable bonds is 7. The molecular weight excluding hydrogens is 346 g/mol. The number of carbonyl (C=O) groups is 1. The zero-order valence-electron chi connectivity index (χ0n) is 15.2. The van der Waals surface area contributed by atoms with E-state index in [1.165, 1.54) is 17.0 Å². The van der Waals surface area contributed by atoms with Gasteiger partial charge in [-0.2, -0.15) is 5.10 Å². The van der Waals surface area contributed by atoms with Gasteiger partial charge in [0, 0.05) is 12.6 Å². The number of nitrogens with zero attached hydrogens (tertiary/aromatic N) is 2. The Labute approximate surface area is 156 Å². The Balaban J connectivity index is 1.63.